The molecule has 0 unspecified atom stereocenters. The lowest BCUT2D eigenvalue weighted by Crippen LogP contribution is -2.09. The fourth-order valence-corrected chi connectivity index (χ4v) is 5.62. The molecule has 3 aromatic carbocycles. The molecule has 0 spiro atoms. The van der Waals surface area contributed by atoms with Gasteiger partial charge < -0.3 is 9.30 Å². The van der Waals surface area contributed by atoms with E-state index in [0.717, 1.165) is 22.2 Å². The number of hydrogen-bond acceptors (Lipinski definition) is 2. The zero-order chi connectivity index (χ0) is 16.8. The molecule has 122 valence electrons. The highest BCUT2D eigenvalue weighted by Gasteiger charge is 2.25. The molecule has 0 atom stereocenters. The molecule has 3 heteroatoms. The summed E-state index contributed by atoms with van der Waals surface area (Å²) in [7, 11) is -0.960. The number of rotatable bonds is 6. The summed E-state index contributed by atoms with van der Waals surface area (Å²) in [5.74, 6) is 0.782. The van der Waals surface area contributed by atoms with Gasteiger partial charge in [0.15, 0.2) is 0 Å². The van der Waals surface area contributed by atoms with Crippen LogP contribution in [-0.4, -0.2) is 7.11 Å². The van der Waals surface area contributed by atoms with Crippen LogP contribution in [0.3, 0.4) is 0 Å². The van der Waals surface area contributed by atoms with E-state index in [0.29, 0.717) is 12.3 Å². The summed E-state index contributed by atoms with van der Waals surface area (Å²) in [6.45, 7) is 0. The van der Waals surface area contributed by atoms with Gasteiger partial charge in [0.1, 0.15) is 12.9 Å². The van der Waals surface area contributed by atoms with Crippen molar-refractivity contribution in [2.24, 2.45) is 0 Å². The van der Waals surface area contributed by atoms with Crippen molar-refractivity contribution in [1.82, 2.24) is 0 Å². The van der Waals surface area contributed by atoms with Crippen LogP contribution in [0, 0.1) is 0 Å². The summed E-state index contributed by atoms with van der Waals surface area (Å²) in [4.78, 5) is 0. The average Bonchev–Trinajstić information content (AvgIpc) is 2.63. The minimum absolute atomic E-state index is 0.565. The Bertz CT molecular complexity index is 766. The topological polar surface area (TPSA) is 26.3 Å². The van der Waals surface area contributed by atoms with E-state index in [1.807, 2.05) is 84.9 Å². The first kappa shape index (κ1) is 16.5. The quantitative estimate of drug-likeness (QED) is 0.587. The van der Waals surface area contributed by atoms with Gasteiger partial charge in [-0.05, 0) is 35.4 Å². The fraction of sp³-hybridized carbons (Fsp3) is 0.143. The predicted octanol–water partition coefficient (Wildman–Crippen LogP) is 5.08. The van der Waals surface area contributed by atoms with E-state index in [1.54, 1.807) is 7.11 Å². The molecule has 0 saturated heterocycles. The van der Waals surface area contributed by atoms with Gasteiger partial charge in [0.2, 0.25) is 0 Å². The Kier molecular flexibility index (Phi) is 5.17. The summed E-state index contributed by atoms with van der Waals surface area (Å²) < 4.78 is 19.1. The van der Waals surface area contributed by atoms with Crippen molar-refractivity contribution < 1.29 is 9.30 Å². The van der Waals surface area contributed by atoms with Crippen LogP contribution in [0.25, 0.3) is 0 Å². The highest BCUT2D eigenvalue weighted by molar-refractivity contribution is 7.70. The Morgan fingerprint density at radius 3 is 1.58 bits per heavy atom. The molecule has 0 aliphatic carbocycles. The van der Waals surface area contributed by atoms with Gasteiger partial charge in [-0.2, -0.15) is 0 Å². The molecule has 3 aromatic rings. The van der Waals surface area contributed by atoms with Crippen molar-refractivity contribution in [3.8, 4) is 5.75 Å². The minimum atomic E-state index is -2.60. The molecule has 0 aliphatic heterocycles. The highest BCUT2D eigenvalue weighted by Crippen LogP contribution is 2.51. The maximum Gasteiger partial charge on any atom is 0.124 e. The van der Waals surface area contributed by atoms with Crippen LogP contribution in [0.5, 0.6) is 5.75 Å². The second-order valence-corrected chi connectivity index (χ2v) is 8.80. The Hall–Kier alpha value is -2.31. The molecule has 0 fully saturated rings. The average molecular weight is 336 g/mol. The standard InChI is InChI=1S/C21H21O2P/c1-23-20-12-14-21(15-13-20)24(22,16-18-8-4-2-5-9-18)17-19-10-6-3-7-11-19/h2-15H,16-17H2,1H3. The minimum Gasteiger partial charge on any atom is -0.497 e. The van der Waals surface area contributed by atoms with E-state index >= 15 is 0 Å². The number of ether oxygens (including phenoxy) is 1. The molecule has 0 heterocycles. The third-order valence-corrected chi connectivity index (χ3v) is 7.10. The van der Waals surface area contributed by atoms with Gasteiger partial charge in [-0.15, -0.1) is 0 Å². The normalized spacial score (nSPS) is 11.2. The highest BCUT2D eigenvalue weighted by atomic mass is 31.2. The molecule has 0 bridgehead atoms. The first-order chi connectivity index (χ1) is 11.7. The smallest absolute Gasteiger partial charge is 0.124 e. The zero-order valence-corrected chi connectivity index (χ0v) is 14.7. The number of benzene rings is 3. The SMILES string of the molecule is COc1ccc(P(=O)(Cc2ccccc2)Cc2ccccc2)cc1. The predicted molar refractivity (Wildman–Crippen MR) is 101 cm³/mol. The van der Waals surface area contributed by atoms with Crippen molar-refractivity contribution in [3.63, 3.8) is 0 Å². The van der Waals surface area contributed by atoms with Gasteiger partial charge >= 0.3 is 0 Å². The molecule has 0 aromatic heterocycles. The van der Waals surface area contributed by atoms with Crippen molar-refractivity contribution in [2.75, 3.05) is 7.11 Å². The lowest BCUT2D eigenvalue weighted by Gasteiger charge is -2.19. The third kappa shape index (κ3) is 3.96. The molecule has 24 heavy (non-hydrogen) atoms. The van der Waals surface area contributed by atoms with Crippen LogP contribution < -0.4 is 10.0 Å². The second-order valence-electron chi connectivity index (χ2n) is 5.87. The van der Waals surface area contributed by atoms with Crippen LogP contribution in [0.15, 0.2) is 84.9 Å². The van der Waals surface area contributed by atoms with Gasteiger partial charge in [-0.25, -0.2) is 0 Å². The Labute approximate surface area is 143 Å². The summed E-state index contributed by atoms with van der Waals surface area (Å²) in [5, 5.41) is 0.899. The van der Waals surface area contributed by atoms with E-state index < -0.39 is 7.14 Å². The molecular formula is C21H21O2P. The molecule has 0 aliphatic rings. The third-order valence-electron chi connectivity index (χ3n) is 4.10. The lowest BCUT2D eigenvalue weighted by atomic mass is 10.2. The monoisotopic (exact) mass is 336 g/mol. The van der Waals surface area contributed by atoms with E-state index in [-0.39, 0.29) is 0 Å². The molecule has 3 rings (SSSR count). The molecule has 2 nitrogen and oxygen atoms in total. The van der Waals surface area contributed by atoms with Crippen molar-refractivity contribution in [3.05, 3.63) is 96.1 Å². The van der Waals surface area contributed by atoms with Crippen LogP contribution in [0.1, 0.15) is 11.1 Å². The van der Waals surface area contributed by atoms with Crippen molar-refractivity contribution in [2.45, 2.75) is 12.3 Å². The van der Waals surface area contributed by atoms with Gasteiger partial charge in [0.05, 0.1) is 7.11 Å². The summed E-state index contributed by atoms with van der Waals surface area (Å²) in [6.07, 6.45) is 1.13. The molecule has 0 saturated carbocycles. The lowest BCUT2D eigenvalue weighted by molar-refractivity contribution is 0.415. The van der Waals surface area contributed by atoms with E-state index in [1.165, 1.54) is 0 Å². The van der Waals surface area contributed by atoms with Gasteiger partial charge in [0.25, 0.3) is 0 Å². The molecule has 0 amide bonds. The molecule has 0 N–H and O–H groups in total. The van der Waals surface area contributed by atoms with Crippen LogP contribution in [-0.2, 0) is 16.9 Å². The maximum absolute atomic E-state index is 13.9. The Morgan fingerprint density at radius 2 is 1.17 bits per heavy atom. The number of hydrogen-bond donors (Lipinski definition) is 0. The summed E-state index contributed by atoms with van der Waals surface area (Å²) in [5.41, 5.74) is 2.21. The summed E-state index contributed by atoms with van der Waals surface area (Å²) in [6, 6.07) is 27.8. The first-order valence-electron chi connectivity index (χ1n) is 8.00. The fourth-order valence-electron chi connectivity index (χ4n) is 2.85. The number of methoxy groups -OCH3 is 1. The Morgan fingerprint density at radius 1 is 0.708 bits per heavy atom. The largest absolute Gasteiger partial charge is 0.497 e. The van der Waals surface area contributed by atoms with E-state index in [9.17, 15) is 4.57 Å². The maximum atomic E-state index is 13.9. The van der Waals surface area contributed by atoms with Crippen LogP contribution in [0.2, 0.25) is 0 Å². The van der Waals surface area contributed by atoms with Gasteiger partial charge in [0, 0.05) is 17.6 Å². The van der Waals surface area contributed by atoms with Crippen LogP contribution in [0.4, 0.5) is 0 Å². The van der Waals surface area contributed by atoms with Gasteiger partial charge in [-0.1, -0.05) is 60.7 Å². The zero-order valence-electron chi connectivity index (χ0n) is 13.8. The van der Waals surface area contributed by atoms with Crippen LogP contribution >= 0.6 is 7.14 Å². The van der Waals surface area contributed by atoms with E-state index in [4.69, 9.17) is 4.74 Å². The molecular weight excluding hydrogens is 315 g/mol. The van der Waals surface area contributed by atoms with Crippen molar-refractivity contribution in [1.29, 1.82) is 0 Å². The summed E-state index contributed by atoms with van der Waals surface area (Å²) >= 11 is 0. The first-order valence-corrected chi connectivity index (χ1v) is 10.1. The molecule has 0 radical (unpaired) electrons. The van der Waals surface area contributed by atoms with Gasteiger partial charge in [-0.3, -0.25) is 0 Å². The Balaban J connectivity index is 1.97. The second kappa shape index (κ2) is 7.51. The van der Waals surface area contributed by atoms with E-state index in [2.05, 4.69) is 0 Å². The van der Waals surface area contributed by atoms with Crippen molar-refractivity contribution >= 4 is 12.4 Å².